The number of rotatable bonds is 6. The molecule has 1 atom stereocenters. The first-order valence-electron chi connectivity index (χ1n) is 7.45. The molecule has 2 rings (SSSR count). The quantitative estimate of drug-likeness (QED) is 0.866. The van der Waals surface area contributed by atoms with Crippen LogP contribution in [0.25, 0.3) is 0 Å². The standard InChI is InChI=1S/C16H24N2O2/c1-3-8-18(9-4-2)12-10-14-13(16(17)19)6-5-7-15(14)20-11-12/h5-7,12H,3-4,8-11H2,1-2H3,(H2,17,19). The molecule has 1 aromatic rings. The summed E-state index contributed by atoms with van der Waals surface area (Å²) in [4.78, 5) is 14.0. The number of fused-ring (bicyclic) bond motifs is 1. The first-order chi connectivity index (χ1) is 9.67. The lowest BCUT2D eigenvalue weighted by molar-refractivity contribution is 0.0988. The summed E-state index contributed by atoms with van der Waals surface area (Å²) in [6.45, 7) is 7.20. The maximum absolute atomic E-state index is 11.6. The summed E-state index contributed by atoms with van der Waals surface area (Å²) in [7, 11) is 0. The second-order valence-corrected chi connectivity index (χ2v) is 5.35. The monoisotopic (exact) mass is 276 g/mol. The largest absolute Gasteiger partial charge is 0.492 e. The van der Waals surface area contributed by atoms with Gasteiger partial charge in [0.1, 0.15) is 12.4 Å². The third-order valence-electron chi connectivity index (χ3n) is 3.81. The van der Waals surface area contributed by atoms with Crippen LogP contribution >= 0.6 is 0 Å². The minimum atomic E-state index is -0.372. The number of primary amides is 1. The van der Waals surface area contributed by atoms with Crippen molar-refractivity contribution in [3.63, 3.8) is 0 Å². The van der Waals surface area contributed by atoms with Crippen LogP contribution in [0.15, 0.2) is 18.2 Å². The highest BCUT2D eigenvalue weighted by molar-refractivity contribution is 5.95. The van der Waals surface area contributed by atoms with Gasteiger partial charge in [-0.15, -0.1) is 0 Å². The zero-order valence-electron chi connectivity index (χ0n) is 12.4. The van der Waals surface area contributed by atoms with Crippen molar-refractivity contribution in [1.29, 1.82) is 0 Å². The van der Waals surface area contributed by atoms with E-state index in [0.29, 0.717) is 18.2 Å². The van der Waals surface area contributed by atoms with E-state index in [0.717, 1.165) is 43.7 Å². The maximum atomic E-state index is 11.6. The molecule has 0 saturated carbocycles. The van der Waals surface area contributed by atoms with E-state index in [9.17, 15) is 4.79 Å². The fourth-order valence-electron chi connectivity index (χ4n) is 2.91. The first-order valence-corrected chi connectivity index (χ1v) is 7.45. The van der Waals surface area contributed by atoms with Crippen LogP contribution in [0.2, 0.25) is 0 Å². The average Bonchev–Trinajstić information content (AvgIpc) is 2.45. The van der Waals surface area contributed by atoms with Gasteiger partial charge in [-0.05, 0) is 44.5 Å². The van der Waals surface area contributed by atoms with E-state index in [1.165, 1.54) is 0 Å². The predicted molar refractivity (Wildman–Crippen MR) is 80.1 cm³/mol. The summed E-state index contributed by atoms with van der Waals surface area (Å²) in [6, 6.07) is 5.87. The van der Waals surface area contributed by atoms with E-state index in [-0.39, 0.29) is 5.91 Å². The molecule has 20 heavy (non-hydrogen) atoms. The van der Waals surface area contributed by atoms with E-state index in [2.05, 4.69) is 18.7 Å². The first kappa shape index (κ1) is 14.9. The van der Waals surface area contributed by atoms with E-state index in [1.54, 1.807) is 6.07 Å². The van der Waals surface area contributed by atoms with Crippen LogP contribution in [0.5, 0.6) is 5.75 Å². The van der Waals surface area contributed by atoms with Gasteiger partial charge < -0.3 is 10.5 Å². The molecule has 1 aromatic carbocycles. The molecule has 1 amide bonds. The van der Waals surface area contributed by atoms with Crippen LogP contribution < -0.4 is 10.5 Å². The third-order valence-corrected chi connectivity index (χ3v) is 3.81. The zero-order chi connectivity index (χ0) is 14.5. The lowest BCUT2D eigenvalue weighted by Gasteiger charge is -2.35. The molecule has 110 valence electrons. The van der Waals surface area contributed by atoms with Crippen molar-refractivity contribution < 1.29 is 9.53 Å². The summed E-state index contributed by atoms with van der Waals surface area (Å²) in [6.07, 6.45) is 3.09. The van der Waals surface area contributed by atoms with Crippen LogP contribution in [0, 0.1) is 0 Å². The lowest BCUT2D eigenvalue weighted by Crippen LogP contribution is -2.44. The van der Waals surface area contributed by atoms with Gasteiger partial charge in [-0.25, -0.2) is 0 Å². The smallest absolute Gasteiger partial charge is 0.249 e. The molecule has 1 aliphatic rings. The van der Waals surface area contributed by atoms with E-state index in [1.807, 2.05) is 12.1 Å². The minimum Gasteiger partial charge on any atom is -0.492 e. The highest BCUT2D eigenvalue weighted by atomic mass is 16.5. The number of ether oxygens (including phenoxy) is 1. The molecule has 1 heterocycles. The van der Waals surface area contributed by atoms with Gasteiger partial charge in [0.25, 0.3) is 0 Å². The minimum absolute atomic E-state index is 0.336. The normalized spacial score (nSPS) is 17.6. The molecule has 0 radical (unpaired) electrons. The fraction of sp³-hybridized carbons (Fsp3) is 0.562. The van der Waals surface area contributed by atoms with Crippen molar-refractivity contribution in [2.24, 2.45) is 5.73 Å². The second kappa shape index (κ2) is 6.75. The van der Waals surface area contributed by atoms with Gasteiger partial charge in [0, 0.05) is 17.2 Å². The molecule has 4 heteroatoms. The molecule has 1 aliphatic heterocycles. The number of hydrogen-bond acceptors (Lipinski definition) is 3. The molecule has 0 aliphatic carbocycles. The van der Waals surface area contributed by atoms with Crippen LogP contribution in [-0.4, -0.2) is 36.5 Å². The highest BCUT2D eigenvalue weighted by Crippen LogP contribution is 2.29. The number of nitrogens with two attached hydrogens (primary N) is 1. The van der Waals surface area contributed by atoms with Gasteiger partial charge in [-0.2, -0.15) is 0 Å². The van der Waals surface area contributed by atoms with E-state index >= 15 is 0 Å². The van der Waals surface area contributed by atoms with Crippen molar-refractivity contribution in [2.75, 3.05) is 19.7 Å². The molecule has 0 spiro atoms. The molecule has 1 unspecified atom stereocenters. The maximum Gasteiger partial charge on any atom is 0.249 e. The zero-order valence-corrected chi connectivity index (χ0v) is 12.4. The number of carbonyl (C=O) groups excluding carboxylic acids is 1. The molecule has 0 saturated heterocycles. The van der Waals surface area contributed by atoms with Crippen molar-refractivity contribution in [2.45, 2.75) is 39.2 Å². The van der Waals surface area contributed by atoms with Gasteiger partial charge in [0.15, 0.2) is 0 Å². The van der Waals surface area contributed by atoms with Gasteiger partial charge in [0.2, 0.25) is 5.91 Å². The third kappa shape index (κ3) is 3.12. The summed E-state index contributed by atoms with van der Waals surface area (Å²) in [5, 5.41) is 0. The van der Waals surface area contributed by atoms with Crippen LogP contribution in [0.3, 0.4) is 0 Å². The topological polar surface area (TPSA) is 55.6 Å². The predicted octanol–water partition coefficient (Wildman–Crippen LogP) is 2.21. The fourth-order valence-corrected chi connectivity index (χ4v) is 2.91. The molecule has 4 nitrogen and oxygen atoms in total. The summed E-state index contributed by atoms with van der Waals surface area (Å²) >= 11 is 0. The lowest BCUT2D eigenvalue weighted by atomic mass is 9.95. The molecule has 0 aromatic heterocycles. The molecule has 0 fully saturated rings. The Kier molecular flexibility index (Phi) is 5.01. The molecular formula is C16H24N2O2. The summed E-state index contributed by atoms with van der Waals surface area (Å²) in [5.74, 6) is 0.439. The Morgan fingerprint density at radius 1 is 1.35 bits per heavy atom. The Morgan fingerprint density at radius 3 is 2.65 bits per heavy atom. The highest BCUT2D eigenvalue weighted by Gasteiger charge is 2.27. The van der Waals surface area contributed by atoms with E-state index in [4.69, 9.17) is 10.5 Å². The van der Waals surface area contributed by atoms with Crippen molar-refractivity contribution in [1.82, 2.24) is 4.90 Å². The Balaban J connectivity index is 2.22. The van der Waals surface area contributed by atoms with Crippen LogP contribution in [0.1, 0.15) is 42.6 Å². The second-order valence-electron chi connectivity index (χ2n) is 5.35. The van der Waals surface area contributed by atoms with Crippen LogP contribution in [0.4, 0.5) is 0 Å². The Morgan fingerprint density at radius 2 is 2.05 bits per heavy atom. The van der Waals surface area contributed by atoms with Crippen LogP contribution in [-0.2, 0) is 6.42 Å². The van der Waals surface area contributed by atoms with Crippen molar-refractivity contribution in [3.05, 3.63) is 29.3 Å². The Labute approximate surface area is 120 Å². The van der Waals surface area contributed by atoms with Gasteiger partial charge in [-0.3, -0.25) is 9.69 Å². The summed E-state index contributed by atoms with van der Waals surface area (Å²) < 4.78 is 5.85. The molecule has 2 N–H and O–H groups in total. The SMILES string of the molecule is CCCN(CCC)C1COc2cccc(C(N)=O)c2C1. The van der Waals surface area contributed by atoms with Crippen molar-refractivity contribution in [3.8, 4) is 5.75 Å². The van der Waals surface area contributed by atoms with Gasteiger partial charge in [-0.1, -0.05) is 19.9 Å². The number of amides is 1. The van der Waals surface area contributed by atoms with Gasteiger partial charge in [0.05, 0.1) is 0 Å². The number of benzene rings is 1. The molecule has 0 bridgehead atoms. The number of nitrogens with zero attached hydrogens (tertiary/aromatic N) is 1. The summed E-state index contributed by atoms with van der Waals surface area (Å²) in [5.41, 5.74) is 7.03. The number of carbonyl (C=O) groups is 1. The average molecular weight is 276 g/mol. The Bertz CT molecular complexity index is 468. The van der Waals surface area contributed by atoms with Crippen molar-refractivity contribution >= 4 is 5.91 Å². The number of hydrogen-bond donors (Lipinski definition) is 1. The Hall–Kier alpha value is -1.55. The van der Waals surface area contributed by atoms with E-state index < -0.39 is 0 Å². The van der Waals surface area contributed by atoms with Gasteiger partial charge >= 0.3 is 0 Å². The molecular weight excluding hydrogens is 252 g/mol.